The van der Waals surface area contributed by atoms with Crippen LogP contribution in [0.15, 0.2) is 42.6 Å². The Hall–Kier alpha value is -0.980. The molecule has 1 unspecified atom stereocenters. The average Bonchev–Trinajstić information content (AvgIpc) is 2.39. The molecule has 18 heavy (non-hydrogen) atoms. The number of nitrogens with zero attached hydrogens (tertiary/aromatic N) is 1. The van der Waals surface area contributed by atoms with Crippen molar-refractivity contribution in [3.63, 3.8) is 0 Å². The van der Waals surface area contributed by atoms with E-state index in [1.807, 2.05) is 6.07 Å². The van der Waals surface area contributed by atoms with Crippen LogP contribution in [-0.2, 0) is 6.42 Å². The smallest absolute Gasteiger partial charge is 0.0675 e. The number of aromatic nitrogens is 1. The lowest BCUT2D eigenvalue weighted by Crippen LogP contribution is -2.30. The van der Waals surface area contributed by atoms with Crippen LogP contribution in [0.4, 0.5) is 0 Å². The highest BCUT2D eigenvalue weighted by Gasteiger charge is 2.13. The summed E-state index contributed by atoms with van der Waals surface area (Å²) in [5.41, 5.74) is 6.28. The Balaban J connectivity index is 2.20. The maximum Gasteiger partial charge on any atom is 0.0675 e. The van der Waals surface area contributed by atoms with Gasteiger partial charge >= 0.3 is 0 Å². The van der Waals surface area contributed by atoms with Gasteiger partial charge in [-0.25, -0.2) is 0 Å². The maximum absolute atomic E-state index is 5.66. The predicted octanol–water partition coefficient (Wildman–Crippen LogP) is 2.74. The Kier molecular flexibility index (Phi) is 4.68. The largest absolute Gasteiger partial charge is 0.271 e. The highest BCUT2D eigenvalue weighted by atomic mass is 127. The van der Waals surface area contributed by atoms with Crippen molar-refractivity contribution in [2.45, 2.75) is 19.4 Å². The Morgan fingerprint density at radius 1 is 1.28 bits per heavy atom. The Morgan fingerprint density at radius 2 is 2.00 bits per heavy atom. The van der Waals surface area contributed by atoms with Gasteiger partial charge in [-0.2, -0.15) is 0 Å². The quantitative estimate of drug-likeness (QED) is 0.505. The molecule has 2 rings (SSSR count). The van der Waals surface area contributed by atoms with E-state index >= 15 is 0 Å². The highest BCUT2D eigenvalue weighted by Crippen LogP contribution is 2.19. The number of benzene rings is 1. The average molecular weight is 353 g/mol. The topological polar surface area (TPSA) is 50.9 Å². The number of hydrogen-bond donors (Lipinski definition) is 2. The highest BCUT2D eigenvalue weighted by molar-refractivity contribution is 14.1. The summed E-state index contributed by atoms with van der Waals surface area (Å²) in [6.07, 6.45) is 2.64. The molecule has 1 aromatic heterocycles. The van der Waals surface area contributed by atoms with Crippen molar-refractivity contribution < 1.29 is 0 Å². The molecule has 3 nitrogen and oxygen atoms in total. The fraction of sp³-hybridized carbons (Fsp3) is 0.214. The van der Waals surface area contributed by atoms with E-state index in [4.69, 9.17) is 5.84 Å². The van der Waals surface area contributed by atoms with Crippen molar-refractivity contribution in [3.8, 4) is 0 Å². The second-order valence-electron chi connectivity index (χ2n) is 4.26. The van der Waals surface area contributed by atoms with Crippen LogP contribution in [0.1, 0.15) is 22.9 Å². The Morgan fingerprint density at radius 3 is 2.61 bits per heavy atom. The summed E-state index contributed by atoms with van der Waals surface area (Å²) in [6, 6.07) is 12.5. The van der Waals surface area contributed by atoms with Crippen molar-refractivity contribution in [2.75, 3.05) is 0 Å². The van der Waals surface area contributed by atoms with E-state index in [1.54, 1.807) is 6.20 Å². The van der Waals surface area contributed by atoms with Gasteiger partial charge in [0.05, 0.1) is 11.7 Å². The van der Waals surface area contributed by atoms with Gasteiger partial charge in [0.1, 0.15) is 0 Å². The van der Waals surface area contributed by atoms with Gasteiger partial charge < -0.3 is 0 Å². The van der Waals surface area contributed by atoms with E-state index in [1.165, 1.54) is 9.13 Å². The van der Waals surface area contributed by atoms with Gasteiger partial charge in [-0.3, -0.25) is 16.3 Å². The number of halogens is 1. The number of aryl methyl sites for hydroxylation is 1. The van der Waals surface area contributed by atoms with Gasteiger partial charge in [0, 0.05) is 9.77 Å². The van der Waals surface area contributed by atoms with Crippen LogP contribution in [0.2, 0.25) is 0 Å². The zero-order valence-electron chi connectivity index (χ0n) is 10.2. The summed E-state index contributed by atoms with van der Waals surface area (Å²) in [7, 11) is 0. The van der Waals surface area contributed by atoms with Crippen LogP contribution in [0.3, 0.4) is 0 Å². The van der Waals surface area contributed by atoms with Crippen molar-refractivity contribution in [1.82, 2.24) is 10.4 Å². The van der Waals surface area contributed by atoms with Crippen LogP contribution in [0, 0.1) is 10.5 Å². The first-order chi connectivity index (χ1) is 8.70. The van der Waals surface area contributed by atoms with Crippen LogP contribution >= 0.6 is 22.6 Å². The number of rotatable bonds is 4. The zero-order valence-corrected chi connectivity index (χ0v) is 12.4. The van der Waals surface area contributed by atoms with Gasteiger partial charge in [0.15, 0.2) is 0 Å². The Labute approximate surface area is 121 Å². The van der Waals surface area contributed by atoms with Crippen molar-refractivity contribution in [3.05, 3.63) is 63.0 Å². The van der Waals surface area contributed by atoms with E-state index < -0.39 is 0 Å². The Bertz CT molecular complexity index is 511. The molecule has 0 fully saturated rings. The third kappa shape index (κ3) is 3.28. The van der Waals surface area contributed by atoms with E-state index in [9.17, 15) is 0 Å². The van der Waals surface area contributed by atoms with Crippen molar-refractivity contribution in [1.29, 1.82) is 0 Å². The fourth-order valence-corrected chi connectivity index (χ4v) is 2.31. The molecule has 0 amide bonds. The maximum atomic E-state index is 5.66. The lowest BCUT2D eigenvalue weighted by molar-refractivity contribution is 0.535. The molecule has 2 aromatic rings. The van der Waals surface area contributed by atoms with Crippen molar-refractivity contribution in [2.24, 2.45) is 5.84 Å². The molecule has 0 spiro atoms. The zero-order chi connectivity index (χ0) is 13.0. The van der Waals surface area contributed by atoms with E-state index in [0.29, 0.717) is 0 Å². The molecule has 0 saturated carbocycles. The molecule has 1 heterocycles. The van der Waals surface area contributed by atoms with E-state index in [-0.39, 0.29) is 6.04 Å². The molecule has 0 bridgehead atoms. The third-order valence-electron chi connectivity index (χ3n) is 2.93. The molecule has 0 radical (unpaired) electrons. The molecular formula is C14H16IN3. The number of pyridine rings is 1. The monoisotopic (exact) mass is 353 g/mol. The summed E-state index contributed by atoms with van der Waals surface area (Å²) in [6.45, 7) is 2.06. The van der Waals surface area contributed by atoms with E-state index in [0.717, 1.165) is 17.7 Å². The number of hydrogen-bond acceptors (Lipinski definition) is 3. The summed E-state index contributed by atoms with van der Waals surface area (Å²) in [5, 5.41) is 0. The molecule has 0 aliphatic heterocycles. The van der Waals surface area contributed by atoms with Crippen LogP contribution in [-0.4, -0.2) is 4.98 Å². The first-order valence-electron chi connectivity index (χ1n) is 5.83. The third-order valence-corrected chi connectivity index (χ3v) is 3.65. The number of nitrogens with two attached hydrogens (primary N) is 1. The van der Waals surface area contributed by atoms with Gasteiger partial charge in [-0.15, -0.1) is 0 Å². The van der Waals surface area contributed by atoms with Crippen LogP contribution in [0.5, 0.6) is 0 Å². The molecule has 0 aliphatic carbocycles. The van der Waals surface area contributed by atoms with Crippen LogP contribution in [0.25, 0.3) is 0 Å². The fourth-order valence-electron chi connectivity index (χ4n) is 1.95. The summed E-state index contributed by atoms with van der Waals surface area (Å²) in [5.74, 6) is 5.66. The van der Waals surface area contributed by atoms with Crippen LogP contribution < -0.4 is 11.3 Å². The normalized spacial score (nSPS) is 12.4. The lowest BCUT2D eigenvalue weighted by atomic mass is 10.0. The first-order valence-corrected chi connectivity index (χ1v) is 6.90. The first kappa shape index (κ1) is 13.5. The molecular weight excluding hydrogens is 337 g/mol. The number of nitrogens with one attached hydrogen (secondary N) is 1. The second-order valence-corrected chi connectivity index (χ2v) is 5.50. The molecule has 94 valence electrons. The SMILES string of the molecule is Cc1cccnc1C(Cc1ccc(I)cc1)NN. The molecule has 4 heteroatoms. The number of hydrazine groups is 1. The molecule has 0 saturated heterocycles. The summed E-state index contributed by atoms with van der Waals surface area (Å²) >= 11 is 2.30. The summed E-state index contributed by atoms with van der Waals surface area (Å²) in [4.78, 5) is 4.42. The molecule has 0 aliphatic rings. The molecule has 1 atom stereocenters. The van der Waals surface area contributed by atoms with Gasteiger partial charge in [-0.05, 0) is 65.3 Å². The molecule has 3 N–H and O–H groups in total. The van der Waals surface area contributed by atoms with Gasteiger partial charge in [0.2, 0.25) is 0 Å². The minimum Gasteiger partial charge on any atom is -0.271 e. The standard InChI is InChI=1S/C14H16IN3/c1-10-3-2-8-17-14(10)13(18-16)9-11-4-6-12(15)7-5-11/h2-8,13,18H,9,16H2,1H3. The van der Waals surface area contributed by atoms with Crippen molar-refractivity contribution >= 4 is 22.6 Å². The summed E-state index contributed by atoms with van der Waals surface area (Å²) < 4.78 is 1.24. The van der Waals surface area contributed by atoms with Gasteiger partial charge in [0.25, 0.3) is 0 Å². The minimum absolute atomic E-state index is 0.0475. The van der Waals surface area contributed by atoms with E-state index in [2.05, 4.69) is 70.3 Å². The second kappa shape index (κ2) is 6.26. The minimum atomic E-state index is 0.0475. The van der Waals surface area contributed by atoms with Gasteiger partial charge in [-0.1, -0.05) is 18.2 Å². The molecule has 1 aromatic carbocycles. The lowest BCUT2D eigenvalue weighted by Gasteiger charge is -2.17. The predicted molar refractivity (Wildman–Crippen MR) is 81.9 cm³/mol.